The second-order valence-electron chi connectivity index (χ2n) is 6.46. The van der Waals surface area contributed by atoms with Gasteiger partial charge >= 0.3 is 0 Å². The van der Waals surface area contributed by atoms with Gasteiger partial charge in [0.2, 0.25) is 0 Å². The van der Waals surface area contributed by atoms with E-state index in [1.165, 1.54) is 60.8 Å². The molecule has 1 nitrogen and oxygen atoms in total. The van der Waals surface area contributed by atoms with Gasteiger partial charge in [0.25, 0.3) is 0 Å². The van der Waals surface area contributed by atoms with Crippen molar-refractivity contribution in [2.45, 2.75) is 85.5 Å². The maximum Gasteiger partial charge on any atom is 0.137 e. The van der Waals surface area contributed by atoms with Gasteiger partial charge in [-0.2, -0.15) is 0 Å². The summed E-state index contributed by atoms with van der Waals surface area (Å²) in [5.41, 5.74) is 5.06. The molecule has 1 heteroatoms. The third kappa shape index (κ3) is 6.93. The molecule has 0 spiro atoms. The Bertz CT molecular complexity index is 422. The van der Waals surface area contributed by atoms with Gasteiger partial charge in [-0.05, 0) is 43.9 Å². The molecule has 0 aliphatic rings. The minimum Gasteiger partial charge on any atom is -0.299 e. The van der Waals surface area contributed by atoms with Gasteiger partial charge in [0.15, 0.2) is 0 Å². The molecule has 0 saturated heterocycles. The number of benzene rings is 1. The molecule has 0 unspecified atom stereocenters. The van der Waals surface area contributed by atoms with Crippen LogP contribution in [0.1, 0.15) is 80.5 Å². The van der Waals surface area contributed by atoms with Crippen molar-refractivity contribution >= 4 is 5.78 Å². The Balaban J connectivity index is 2.28. The summed E-state index contributed by atoms with van der Waals surface area (Å²) in [6.07, 6.45) is 10.3. The molecule has 0 aliphatic carbocycles. The first kappa shape index (κ1) is 17.9. The van der Waals surface area contributed by atoms with Crippen LogP contribution in [0.25, 0.3) is 0 Å². The Hall–Kier alpha value is -1.11. The molecule has 21 heavy (non-hydrogen) atoms. The highest BCUT2D eigenvalue weighted by Crippen LogP contribution is 2.18. The Morgan fingerprint density at radius 2 is 1.38 bits per heavy atom. The smallest absolute Gasteiger partial charge is 0.137 e. The summed E-state index contributed by atoms with van der Waals surface area (Å²) in [7, 11) is 0. The summed E-state index contributed by atoms with van der Waals surface area (Å²) in [6, 6.07) is 4.37. The highest BCUT2D eigenvalue weighted by atomic mass is 16.1. The zero-order chi connectivity index (χ0) is 15.7. The van der Waals surface area contributed by atoms with Crippen molar-refractivity contribution in [3.63, 3.8) is 0 Å². The molecule has 0 N–H and O–H groups in total. The van der Waals surface area contributed by atoms with Gasteiger partial charge in [-0.15, -0.1) is 0 Å². The standard InChI is InChI=1S/C20H32O/c1-5-6-7-8-9-10-11-12-19(21)15-20-17(3)13-16(2)14-18(20)4/h13-14H,5-12,15H2,1-4H3. The fourth-order valence-corrected chi connectivity index (χ4v) is 3.05. The lowest BCUT2D eigenvalue weighted by Crippen LogP contribution is -2.06. The molecule has 0 heterocycles. The van der Waals surface area contributed by atoms with E-state index in [4.69, 9.17) is 0 Å². The maximum atomic E-state index is 12.1. The lowest BCUT2D eigenvalue weighted by molar-refractivity contribution is -0.118. The van der Waals surface area contributed by atoms with Crippen molar-refractivity contribution in [3.05, 3.63) is 34.4 Å². The SMILES string of the molecule is CCCCCCCCCC(=O)Cc1c(C)cc(C)cc1C. The Morgan fingerprint density at radius 1 is 0.857 bits per heavy atom. The number of carbonyl (C=O) groups excluding carboxylic acids is 1. The zero-order valence-corrected chi connectivity index (χ0v) is 14.4. The van der Waals surface area contributed by atoms with Crippen LogP contribution in [0.3, 0.4) is 0 Å². The minimum atomic E-state index is 0.401. The quantitative estimate of drug-likeness (QED) is 0.492. The highest BCUT2D eigenvalue weighted by molar-refractivity contribution is 5.81. The number of aryl methyl sites for hydroxylation is 3. The van der Waals surface area contributed by atoms with E-state index in [1.807, 2.05) is 0 Å². The summed E-state index contributed by atoms with van der Waals surface area (Å²) in [5, 5.41) is 0. The number of unbranched alkanes of at least 4 members (excludes halogenated alkanes) is 6. The van der Waals surface area contributed by atoms with Gasteiger partial charge < -0.3 is 0 Å². The molecule has 0 aliphatic heterocycles. The van der Waals surface area contributed by atoms with E-state index in [2.05, 4.69) is 39.8 Å². The van der Waals surface area contributed by atoms with Gasteiger partial charge in [0.1, 0.15) is 5.78 Å². The molecule has 1 aromatic rings. The van der Waals surface area contributed by atoms with Crippen LogP contribution in [-0.4, -0.2) is 5.78 Å². The van der Waals surface area contributed by atoms with Gasteiger partial charge in [-0.25, -0.2) is 0 Å². The molecule has 0 aromatic heterocycles. The van der Waals surface area contributed by atoms with E-state index in [-0.39, 0.29) is 0 Å². The van der Waals surface area contributed by atoms with E-state index < -0.39 is 0 Å². The number of rotatable bonds is 10. The summed E-state index contributed by atoms with van der Waals surface area (Å²) in [5.74, 6) is 0.401. The largest absolute Gasteiger partial charge is 0.299 e. The van der Waals surface area contributed by atoms with E-state index in [1.54, 1.807) is 0 Å². The van der Waals surface area contributed by atoms with Gasteiger partial charge in [0, 0.05) is 12.8 Å². The van der Waals surface area contributed by atoms with E-state index in [0.717, 1.165) is 12.8 Å². The van der Waals surface area contributed by atoms with E-state index in [9.17, 15) is 4.79 Å². The second-order valence-corrected chi connectivity index (χ2v) is 6.46. The number of hydrogen-bond acceptors (Lipinski definition) is 1. The van der Waals surface area contributed by atoms with Crippen molar-refractivity contribution in [3.8, 4) is 0 Å². The van der Waals surface area contributed by atoms with Gasteiger partial charge in [0.05, 0.1) is 0 Å². The lowest BCUT2D eigenvalue weighted by Gasteiger charge is -2.10. The molecule has 0 saturated carbocycles. The summed E-state index contributed by atoms with van der Waals surface area (Å²) in [6.45, 7) is 8.60. The third-order valence-corrected chi connectivity index (χ3v) is 4.27. The Morgan fingerprint density at radius 3 is 1.95 bits per heavy atom. The third-order valence-electron chi connectivity index (χ3n) is 4.27. The van der Waals surface area contributed by atoms with Crippen molar-refractivity contribution in [1.82, 2.24) is 0 Å². The first-order valence-corrected chi connectivity index (χ1v) is 8.63. The van der Waals surface area contributed by atoms with Crippen LogP contribution >= 0.6 is 0 Å². The molecular weight excluding hydrogens is 256 g/mol. The van der Waals surface area contributed by atoms with Crippen LogP contribution in [0.2, 0.25) is 0 Å². The summed E-state index contributed by atoms with van der Waals surface area (Å²) in [4.78, 5) is 12.1. The maximum absolute atomic E-state index is 12.1. The normalized spacial score (nSPS) is 10.9. The molecular formula is C20H32O. The molecule has 118 valence electrons. The zero-order valence-electron chi connectivity index (χ0n) is 14.4. The topological polar surface area (TPSA) is 17.1 Å². The van der Waals surface area contributed by atoms with Crippen LogP contribution in [-0.2, 0) is 11.2 Å². The van der Waals surface area contributed by atoms with Crippen molar-refractivity contribution < 1.29 is 4.79 Å². The van der Waals surface area contributed by atoms with Crippen LogP contribution in [0.4, 0.5) is 0 Å². The molecule has 1 rings (SSSR count). The van der Waals surface area contributed by atoms with Crippen LogP contribution < -0.4 is 0 Å². The minimum absolute atomic E-state index is 0.401. The molecule has 0 radical (unpaired) electrons. The fraction of sp³-hybridized carbons (Fsp3) is 0.650. The molecule has 1 aromatic carbocycles. The number of ketones is 1. The van der Waals surface area contributed by atoms with Gasteiger partial charge in [-0.3, -0.25) is 4.79 Å². The molecule has 0 bridgehead atoms. The Kier molecular flexibility index (Phi) is 8.34. The van der Waals surface area contributed by atoms with Crippen LogP contribution in [0, 0.1) is 20.8 Å². The first-order chi connectivity index (χ1) is 10.0. The second kappa shape index (κ2) is 9.76. The summed E-state index contributed by atoms with van der Waals surface area (Å²) >= 11 is 0. The van der Waals surface area contributed by atoms with Crippen molar-refractivity contribution in [2.75, 3.05) is 0 Å². The molecule has 0 fully saturated rings. The average Bonchev–Trinajstić information content (AvgIpc) is 2.42. The lowest BCUT2D eigenvalue weighted by atomic mass is 9.94. The highest BCUT2D eigenvalue weighted by Gasteiger charge is 2.09. The average molecular weight is 288 g/mol. The number of hydrogen-bond donors (Lipinski definition) is 0. The fourth-order valence-electron chi connectivity index (χ4n) is 3.05. The van der Waals surface area contributed by atoms with E-state index >= 15 is 0 Å². The predicted octanol–water partition coefficient (Wildman–Crippen LogP) is 5.86. The van der Waals surface area contributed by atoms with Crippen LogP contribution in [0.5, 0.6) is 0 Å². The summed E-state index contributed by atoms with van der Waals surface area (Å²) < 4.78 is 0. The first-order valence-electron chi connectivity index (χ1n) is 8.63. The van der Waals surface area contributed by atoms with Crippen molar-refractivity contribution in [2.24, 2.45) is 0 Å². The van der Waals surface area contributed by atoms with Gasteiger partial charge in [-0.1, -0.05) is 63.1 Å². The predicted molar refractivity (Wildman–Crippen MR) is 92.0 cm³/mol. The number of Topliss-reactive ketones (excluding diaryl/α,β-unsaturated/α-hetero) is 1. The van der Waals surface area contributed by atoms with Crippen molar-refractivity contribution in [1.29, 1.82) is 0 Å². The monoisotopic (exact) mass is 288 g/mol. The molecule has 0 amide bonds. The van der Waals surface area contributed by atoms with E-state index in [0.29, 0.717) is 12.2 Å². The van der Waals surface area contributed by atoms with Crippen LogP contribution in [0.15, 0.2) is 12.1 Å². The molecule has 0 atom stereocenters. The Labute approximate surface area is 131 Å². The number of carbonyl (C=O) groups is 1.